The minimum absolute atomic E-state index is 0.144. The molecule has 2 atom stereocenters. The molecule has 2 heterocycles. The molecule has 152 valence electrons. The zero-order valence-electron chi connectivity index (χ0n) is 16.3. The van der Waals surface area contributed by atoms with Gasteiger partial charge in [0.05, 0.1) is 11.1 Å². The van der Waals surface area contributed by atoms with Crippen molar-refractivity contribution in [1.29, 1.82) is 0 Å². The third-order valence-corrected chi connectivity index (χ3v) is 5.90. The lowest BCUT2D eigenvalue weighted by molar-refractivity contribution is -0.123. The van der Waals surface area contributed by atoms with Crippen LogP contribution in [0.4, 0.5) is 0 Å². The first-order chi connectivity index (χ1) is 14.0. The number of nitrogens with one attached hydrogen (secondary N) is 2. The van der Waals surface area contributed by atoms with Gasteiger partial charge in [-0.25, -0.2) is 0 Å². The van der Waals surface area contributed by atoms with Crippen LogP contribution in [0.2, 0.25) is 0 Å². The predicted molar refractivity (Wildman–Crippen MR) is 105 cm³/mol. The first kappa shape index (κ1) is 19.3. The molecule has 4 rings (SSSR count). The molecule has 3 aliphatic rings. The summed E-state index contributed by atoms with van der Waals surface area (Å²) in [5.74, 6) is -1.56. The molecule has 1 aromatic carbocycles. The fraction of sp³-hybridized carbons (Fsp3) is 0.476. The average molecular weight is 396 g/mol. The first-order valence-electron chi connectivity index (χ1n) is 10.1. The van der Waals surface area contributed by atoms with Crippen LogP contribution in [0.3, 0.4) is 0 Å². The third kappa shape index (κ3) is 3.54. The Hall–Kier alpha value is -3.03. The van der Waals surface area contributed by atoms with Crippen LogP contribution in [0.5, 0.6) is 0 Å². The monoisotopic (exact) mass is 396 g/mol. The van der Waals surface area contributed by atoms with Gasteiger partial charge < -0.3 is 5.32 Å². The summed E-state index contributed by atoms with van der Waals surface area (Å²) >= 11 is 0. The average Bonchev–Trinajstić information content (AvgIpc) is 3.32. The van der Waals surface area contributed by atoms with E-state index in [2.05, 4.69) is 15.8 Å². The number of fused-ring (bicyclic) bond motifs is 1. The van der Waals surface area contributed by atoms with E-state index < -0.39 is 29.7 Å². The number of hydrogen-bond acceptors (Lipinski definition) is 6. The van der Waals surface area contributed by atoms with Gasteiger partial charge in [-0.1, -0.05) is 31.4 Å². The van der Waals surface area contributed by atoms with Gasteiger partial charge in [-0.2, -0.15) is 5.10 Å². The van der Waals surface area contributed by atoms with Gasteiger partial charge in [-0.05, 0) is 31.9 Å². The van der Waals surface area contributed by atoms with Crippen LogP contribution in [0.25, 0.3) is 0 Å². The quantitative estimate of drug-likeness (QED) is 0.732. The molecule has 0 saturated heterocycles. The molecule has 1 saturated carbocycles. The van der Waals surface area contributed by atoms with Crippen molar-refractivity contribution in [2.45, 2.75) is 63.6 Å². The van der Waals surface area contributed by atoms with Crippen molar-refractivity contribution in [2.75, 3.05) is 0 Å². The Morgan fingerprint density at radius 1 is 1.10 bits per heavy atom. The summed E-state index contributed by atoms with van der Waals surface area (Å²) in [5, 5.41) is 7.06. The van der Waals surface area contributed by atoms with Gasteiger partial charge in [-0.15, -0.1) is 0 Å². The van der Waals surface area contributed by atoms with E-state index in [1.807, 2.05) is 0 Å². The van der Waals surface area contributed by atoms with Gasteiger partial charge in [0.1, 0.15) is 17.8 Å². The molecule has 1 aliphatic carbocycles. The summed E-state index contributed by atoms with van der Waals surface area (Å²) in [4.78, 5) is 51.5. The molecule has 29 heavy (non-hydrogen) atoms. The molecule has 0 bridgehead atoms. The van der Waals surface area contributed by atoms with Crippen molar-refractivity contribution in [3.8, 4) is 0 Å². The van der Waals surface area contributed by atoms with E-state index in [1.54, 1.807) is 24.3 Å². The van der Waals surface area contributed by atoms with Crippen LogP contribution >= 0.6 is 0 Å². The maximum atomic E-state index is 12.9. The second-order valence-corrected chi connectivity index (χ2v) is 7.85. The summed E-state index contributed by atoms with van der Waals surface area (Å²) in [5.41, 5.74) is 3.51. The topological polar surface area (TPSA) is 108 Å². The normalized spacial score (nSPS) is 22.7. The number of imide groups is 1. The van der Waals surface area contributed by atoms with Crippen molar-refractivity contribution in [3.05, 3.63) is 35.4 Å². The van der Waals surface area contributed by atoms with Crippen LogP contribution in [0.1, 0.15) is 66.2 Å². The molecule has 0 aromatic heterocycles. The number of nitrogens with zero attached hydrogens (tertiary/aromatic N) is 2. The van der Waals surface area contributed by atoms with Gasteiger partial charge >= 0.3 is 0 Å². The SMILES string of the molecule is CC(C(=O)C1=NNC(C(=O)NC2CCCCC2)C1)N1C(=O)c2ccccc2C1=O. The fourth-order valence-electron chi connectivity index (χ4n) is 4.21. The zero-order chi connectivity index (χ0) is 20.5. The van der Waals surface area contributed by atoms with Crippen molar-refractivity contribution in [1.82, 2.24) is 15.6 Å². The summed E-state index contributed by atoms with van der Waals surface area (Å²) < 4.78 is 0. The maximum Gasteiger partial charge on any atom is 0.262 e. The lowest BCUT2D eigenvalue weighted by Gasteiger charge is -2.24. The van der Waals surface area contributed by atoms with Crippen LogP contribution < -0.4 is 10.7 Å². The molecule has 2 aliphatic heterocycles. The molecular formula is C21H24N4O4. The van der Waals surface area contributed by atoms with Crippen molar-refractivity contribution >= 4 is 29.2 Å². The van der Waals surface area contributed by atoms with E-state index in [1.165, 1.54) is 13.3 Å². The third-order valence-electron chi connectivity index (χ3n) is 5.90. The van der Waals surface area contributed by atoms with Crippen molar-refractivity contribution in [2.24, 2.45) is 5.10 Å². The number of Topliss-reactive ketones (excluding diaryl/α,β-unsaturated/α-hetero) is 1. The van der Waals surface area contributed by atoms with Crippen molar-refractivity contribution in [3.63, 3.8) is 0 Å². The molecule has 2 unspecified atom stereocenters. The van der Waals surface area contributed by atoms with E-state index in [9.17, 15) is 19.2 Å². The number of rotatable bonds is 5. The highest BCUT2D eigenvalue weighted by molar-refractivity contribution is 6.43. The molecule has 1 fully saturated rings. The standard InChI is InChI=1S/C21H24N4O4/c1-12(25-20(28)14-9-5-6-10-15(14)21(25)29)18(26)16-11-17(24-23-16)19(27)22-13-7-3-2-4-8-13/h5-6,9-10,12-13,17,24H,2-4,7-8,11H2,1H3,(H,22,27). The minimum atomic E-state index is -0.983. The summed E-state index contributed by atoms with van der Waals surface area (Å²) in [6.45, 7) is 1.52. The number of ketones is 1. The molecule has 3 amide bonds. The second-order valence-electron chi connectivity index (χ2n) is 7.85. The highest BCUT2D eigenvalue weighted by Crippen LogP contribution is 2.25. The van der Waals surface area contributed by atoms with E-state index in [-0.39, 0.29) is 24.1 Å². The number of carbonyl (C=O) groups is 4. The van der Waals surface area contributed by atoms with Crippen molar-refractivity contribution < 1.29 is 19.2 Å². The summed E-state index contributed by atoms with van der Waals surface area (Å²) in [7, 11) is 0. The zero-order valence-corrected chi connectivity index (χ0v) is 16.3. The van der Waals surface area contributed by atoms with E-state index in [4.69, 9.17) is 0 Å². The number of hydrazone groups is 1. The lowest BCUT2D eigenvalue weighted by Crippen LogP contribution is -2.47. The van der Waals surface area contributed by atoms with Crippen LogP contribution in [0, 0.1) is 0 Å². The smallest absolute Gasteiger partial charge is 0.262 e. The maximum absolute atomic E-state index is 12.9. The Balaban J connectivity index is 1.38. The lowest BCUT2D eigenvalue weighted by atomic mass is 9.95. The number of hydrogen-bond donors (Lipinski definition) is 2. The molecule has 1 aromatic rings. The highest BCUT2D eigenvalue weighted by Gasteiger charge is 2.42. The van der Waals surface area contributed by atoms with Gasteiger partial charge in [0.2, 0.25) is 11.7 Å². The largest absolute Gasteiger partial charge is 0.352 e. The molecule has 0 spiro atoms. The highest BCUT2D eigenvalue weighted by atomic mass is 16.2. The van der Waals surface area contributed by atoms with E-state index in [0.29, 0.717) is 11.1 Å². The molecule has 8 heteroatoms. The molecular weight excluding hydrogens is 372 g/mol. The van der Waals surface area contributed by atoms with Gasteiger partial charge in [0.15, 0.2) is 0 Å². The molecule has 2 N–H and O–H groups in total. The molecule has 0 radical (unpaired) electrons. The van der Waals surface area contributed by atoms with Crippen LogP contribution in [-0.2, 0) is 9.59 Å². The van der Waals surface area contributed by atoms with Crippen LogP contribution in [-0.4, -0.2) is 52.2 Å². The predicted octanol–water partition coefficient (Wildman–Crippen LogP) is 1.41. The summed E-state index contributed by atoms with van der Waals surface area (Å²) in [6, 6.07) is 5.10. The number of carbonyl (C=O) groups excluding carboxylic acids is 4. The van der Waals surface area contributed by atoms with Crippen LogP contribution in [0.15, 0.2) is 29.4 Å². The Kier molecular flexibility index (Phi) is 5.17. The summed E-state index contributed by atoms with van der Waals surface area (Å²) in [6.07, 6.45) is 5.52. The van der Waals surface area contributed by atoms with E-state index in [0.717, 1.165) is 30.6 Å². The fourth-order valence-corrected chi connectivity index (χ4v) is 4.21. The Morgan fingerprint density at radius 2 is 1.72 bits per heavy atom. The first-order valence-corrected chi connectivity index (χ1v) is 10.1. The van der Waals surface area contributed by atoms with Gasteiger partial charge in [0.25, 0.3) is 11.8 Å². The molecule has 8 nitrogen and oxygen atoms in total. The Labute approximate surface area is 168 Å². The second kappa shape index (κ2) is 7.77. The Bertz CT molecular complexity index is 869. The van der Waals surface area contributed by atoms with Gasteiger partial charge in [-0.3, -0.25) is 29.5 Å². The van der Waals surface area contributed by atoms with Gasteiger partial charge in [0, 0.05) is 12.5 Å². The number of benzene rings is 1. The minimum Gasteiger partial charge on any atom is -0.352 e. The van der Waals surface area contributed by atoms with E-state index >= 15 is 0 Å². The number of amides is 3. The Morgan fingerprint density at radius 3 is 2.34 bits per heavy atom.